The topological polar surface area (TPSA) is 232 Å². The van der Waals surface area contributed by atoms with Gasteiger partial charge in [0, 0.05) is 41.8 Å². The minimum Gasteiger partial charge on any atom is -0.481 e. The predicted molar refractivity (Wildman–Crippen MR) is 158 cm³/mol. The lowest BCUT2D eigenvalue weighted by Crippen LogP contribution is -2.58. The molecule has 0 aliphatic carbocycles. The fraction of sp³-hybridized carbons (Fsp3) is 0.267. The van der Waals surface area contributed by atoms with E-state index < -0.39 is 60.2 Å². The lowest BCUT2D eigenvalue weighted by molar-refractivity contribution is -0.147. The van der Waals surface area contributed by atoms with Crippen molar-refractivity contribution in [2.24, 2.45) is 5.73 Å². The van der Waals surface area contributed by atoms with Gasteiger partial charge in [-0.3, -0.25) is 19.2 Å². The number of nitrogens with one attached hydrogen (secondary N) is 5. The first-order valence-corrected chi connectivity index (χ1v) is 13.8. The van der Waals surface area contributed by atoms with Gasteiger partial charge in [-0.2, -0.15) is 0 Å². The number of carbonyl (C=O) groups is 5. The van der Waals surface area contributed by atoms with E-state index in [1.165, 1.54) is 12.5 Å². The van der Waals surface area contributed by atoms with Crippen LogP contribution in [0.15, 0.2) is 73.3 Å². The van der Waals surface area contributed by atoms with Gasteiger partial charge in [0.1, 0.15) is 18.1 Å². The summed E-state index contributed by atoms with van der Waals surface area (Å²) in [5.74, 6) is -5.24. The number of amides is 3. The summed E-state index contributed by atoms with van der Waals surface area (Å²) in [7, 11) is 0. The first-order chi connectivity index (χ1) is 21.1. The van der Waals surface area contributed by atoms with Gasteiger partial charge in [-0.25, -0.2) is 9.78 Å². The van der Waals surface area contributed by atoms with Gasteiger partial charge in [0.2, 0.25) is 17.7 Å². The van der Waals surface area contributed by atoms with Crippen molar-refractivity contribution >= 4 is 40.6 Å². The summed E-state index contributed by atoms with van der Waals surface area (Å²) < 4.78 is 0. The number of rotatable bonds is 15. The average Bonchev–Trinajstić information content (AvgIpc) is 3.66. The molecule has 0 aliphatic rings. The number of carboxylic acids is 2. The summed E-state index contributed by atoms with van der Waals surface area (Å²) >= 11 is 0. The Morgan fingerprint density at radius 3 is 2.07 bits per heavy atom. The molecule has 2 aromatic heterocycles. The Labute approximate surface area is 251 Å². The van der Waals surface area contributed by atoms with Gasteiger partial charge < -0.3 is 41.9 Å². The number of H-pyrrole nitrogens is 2. The molecule has 2 aromatic carbocycles. The number of nitrogens with two attached hydrogens (primary N) is 1. The van der Waals surface area contributed by atoms with Crippen LogP contribution in [-0.2, 0) is 43.2 Å². The number of imidazole rings is 1. The smallest absolute Gasteiger partial charge is 0.326 e. The maximum absolute atomic E-state index is 13.8. The second-order valence-electron chi connectivity index (χ2n) is 10.3. The number of aliphatic carboxylic acids is 2. The fourth-order valence-corrected chi connectivity index (χ4v) is 4.71. The SMILES string of the molecule is NC(Cc1ccccc1)C(=O)NC(Cc1c[nH]c2ccccc12)C(=O)NC(Cc1cnc[nH]1)C(=O)NC(CC(=O)O)C(=O)O. The van der Waals surface area contributed by atoms with Crippen molar-refractivity contribution in [3.63, 3.8) is 0 Å². The highest BCUT2D eigenvalue weighted by Gasteiger charge is 2.32. The van der Waals surface area contributed by atoms with Crippen LogP contribution < -0.4 is 21.7 Å². The van der Waals surface area contributed by atoms with E-state index in [2.05, 4.69) is 30.9 Å². The molecule has 9 N–H and O–H groups in total. The molecule has 4 rings (SSSR count). The Kier molecular flexibility index (Phi) is 10.4. The van der Waals surface area contributed by atoms with Gasteiger partial charge in [-0.1, -0.05) is 48.5 Å². The van der Waals surface area contributed by atoms with Crippen molar-refractivity contribution in [1.82, 2.24) is 30.9 Å². The molecule has 0 aliphatic heterocycles. The maximum Gasteiger partial charge on any atom is 0.326 e. The molecule has 44 heavy (non-hydrogen) atoms. The fourth-order valence-electron chi connectivity index (χ4n) is 4.71. The Morgan fingerprint density at radius 2 is 1.41 bits per heavy atom. The van der Waals surface area contributed by atoms with Crippen LogP contribution in [0.4, 0.5) is 0 Å². The van der Waals surface area contributed by atoms with E-state index >= 15 is 0 Å². The number of carbonyl (C=O) groups excluding carboxylic acids is 3. The van der Waals surface area contributed by atoms with Gasteiger partial charge in [-0.15, -0.1) is 0 Å². The highest BCUT2D eigenvalue weighted by atomic mass is 16.4. The van der Waals surface area contributed by atoms with Crippen molar-refractivity contribution in [3.8, 4) is 0 Å². The summed E-state index contributed by atoms with van der Waals surface area (Å²) in [4.78, 5) is 72.8. The summed E-state index contributed by atoms with van der Waals surface area (Å²) in [5.41, 5.74) is 9.01. The van der Waals surface area contributed by atoms with E-state index in [-0.39, 0.29) is 19.3 Å². The van der Waals surface area contributed by atoms with Gasteiger partial charge >= 0.3 is 11.9 Å². The molecule has 0 fully saturated rings. The largest absolute Gasteiger partial charge is 0.481 e. The number of fused-ring (bicyclic) bond motifs is 1. The first kappa shape index (κ1) is 31.4. The third-order valence-corrected chi connectivity index (χ3v) is 6.97. The molecular formula is C30H33N7O7. The zero-order chi connectivity index (χ0) is 31.6. The van der Waals surface area contributed by atoms with E-state index in [9.17, 15) is 29.1 Å². The summed E-state index contributed by atoms with van der Waals surface area (Å²) in [6.07, 6.45) is 3.77. The van der Waals surface area contributed by atoms with Gasteiger partial charge in [-0.05, 0) is 23.6 Å². The van der Waals surface area contributed by atoms with E-state index in [1.54, 1.807) is 6.20 Å². The van der Waals surface area contributed by atoms with Crippen molar-refractivity contribution in [2.75, 3.05) is 0 Å². The van der Waals surface area contributed by atoms with Crippen molar-refractivity contribution < 1.29 is 34.2 Å². The van der Waals surface area contributed by atoms with Crippen LogP contribution in [0.2, 0.25) is 0 Å². The predicted octanol–water partition coefficient (Wildman–Crippen LogP) is 0.260. The molecule has 14 heteroatoms. The number of para-hydroxylation sites is 1. The zero-order valence-electron chi connectivity index (χ0n) is 23.5. The lowest BCUT2D eigenvalue weighted by Gasteiger charge is -2.25. The monoisotopic (exact) mass is 603 g/mol. The number of hydrogen-bond acceptors (Lipinski definition) is 7. The Morgan fingerprint density at radius 1 is 0.773 bits per heavy atom. The molecule has 4 unspecified atom stereocenters. The maximum atomic E-state index is 13.8. The van der Waals surface area contributed by atoms with Crippen LogP contribution in [0.25, 0.3) is 10.9 Å². The number of benzene rings is 2. The second kappa shape index (κ2) is 14.6. The minimum atomic E-state index is -1.74. The molecule has 14 nitrogen and oxygen atoms in total. The second-order valence-corrected chi connectivity index (χ2v) is 10.3. The molecule has 0 saturated carbocycles. The Hall–Kier alpha value is -5.50. The lowest BCUT2D eigenvalue weighted by atomic mass is 10.0. The van der Waals surface area contributed by atoms with Crippen LogP contribution in [-0.4, -0.2) is 79.0 Å². The molecule has 230 valence electrons. The van der Waals surface area contributed by atoms with Gasteiger partial charge in [0.15, 0.2) is 0 Å². The van der Waals surface area contributed by atoms with Crippen LogP contribution in [0.5, 0.6) is 0 Å². The van der Waals surface area contributed by atoms with E-state index in [0.717, 1.165) is 22.0 Å². The van der Waals surface area contributed by atoms with Crippen LogP contribution >= 0.6 is 0 Å². The highest BCUT2D eigenvalue weighted by Crippen LogP contribution is 2.19. The standard InChI is InChI=1S/C30H33N7O7/c31-21(10-17-6-2-1-3-7-17)27(40)35-23(11-18-14-33-22-9-5-4-8-20(18)22)28(41)36-24(12-19-15-32-16-34-19)29(42)37-25(30(43)44)13-26(38)39/h1-9,14-16,21,23-25,33H,10-13,31H2,(H,32,34)(H,35,40)(H,36,41)(H,37,42)(H,38,39)(H,43,44). The quantitative estimate of drug-likeness (QED) is 0.0929. The molecule has 3 amide bonds. The minimum absolute atomic E-state index is 0.0365. The summed E-state index contributed by atoms with van der Waals surface area (Å²) in [6, 6.07) is 11.3. The molecular weight excluding hydrogens is 570 g/mol. The molecule has 4 aromatic rings. The molecule has 0 bridgehead atoms. The van der Waals surface area contributed by atoms with Crippen molar-refractivity contribution in [2.45, 2.75) is 49.9 Å². The number of aromatic amines is 2. The third-order valence-electron chi connectivity index (χ3n) is 6.97. The Balaban J connectivity index is 1.57. The van der Waals surface area contributed by atoms with E-state index in [4.69, 9.17) is 10.8 Å². The Bertz CT molecular complexity index is 1600. The van der Waals surface area contributed by atoms with Gasteiger partial charge in [0.05, 0.1) is 18.8 Å². The average molecular weight is 604 g/mol. The molecule has 0 spiro atoms. The summed E-state index contributed by atoms with van der Waals surface area (Å²) in [5, 5.41) is 26.8. The first-order valence-electron chi connectivity index (χ1n) is 13.8. The van der Waals surface area contributed by atoms with Crippen molar-refractivity contribution in [1.29, 1.82) is 0 Å². The van der Waals surface area contributed by atoms with E-state index in [0.29, 0.717) is 5.69 Å². The van der Waals surface area contributed by atoms with Crippen molar-refractivity contribution in [3.05, 3.63) is 90.1 Å². The normalized spacial score (nSPS) is 13.8. The molecule has 0 saturated heterocycles. The molecule has 2 heterocycles. The number of nitrogens with zero attached hydrogens (tertiary/aromatic N) is 1. The summed E-state index contributed by atoms with van der Waals surface area (Å²) in [6.45, 7) is 0. The van der Waals surface area contributed by atoms with E-state index in [1.807, 2.05) is 54.6 Å². The van der Waals surface area contributed by atoms with Crippen LogP contribution in [0.3, 0.4) is 0 Å². The molecule has 0 radical (unpaired) electrons. The van der Waals surface area contributed by atoms with Gasteiger partial charge in [0.25, 0.3) is 0 Å². The number of aromatic nitrogens is 3. The van der Waals surface area contributed by atoms with Crippen LogP contribution in [0.1, 0.15) is 23.2 Å². The number of hydrogen-bond donors (Lipinski definition) is 8. The van der Waals surface area contributed by atoms with Crippen LogP contribution in [0, 0.1) is 0 Å². The zero-order valence-corrected chi connectivity index (χ0v) is 23.5. The molecule has 4 atom stereocenters. The highest BCUT2D eigenvalue weighted by molar-refractivity contribution is 5.95. The third kappa shape index (κ3) is 8.51. The number of carboxylic acid groups (broad SMARTS) is 2.